The number of piperidine rings is 1. The Morgan fingerprint density at radius 2 is 1.94 bits per heavy atom. The summed E-state index contributed by atoms with van der Waals surface area (Å²) in [7, 11) is 4.10. The zero-order chi connectivity index (χ0) is 13.1. The molecule has 1 saturated carbocycles. The van der Waals surface area contributed by atoms with E-state index in [0.29, 0.717) is 18.3 Å². The van der Waals surface area contributed by atoms with E-state index in [1.807, 2.05) is 11.9 Å². The van der Waals surface area contributed by atoms with Crippen molar-refractivity contribution in [1.29, 1.82) is 0 Å². The molecule has 1 unspecified atom stereocenters. The van der Waals surface area contributed by atoms with Gasteiger partial charge in [-0.05, 0) is 57.7 Å². The summed E-state index contributed by atoms with van der Waals surface area (Å²) in [5.41, 5.74) is 6.01. The predicted molar refractivity (Wildman–Crippen MR) is 73.2 cm³/mol. The maximum atomic E-state index is 12.1. The topological polar surface area (TPSA) is 49.6 Å². The van der Waals surface area contributed by atoms with Gasteiger partial charge in [0, 0.05) is 26.1 Å². The van der Waals surface area contributed by atoms with Crippen molar-refractivity contribution in [3.05, 3.63) is 0 Å². The molecule has 0 aromatic rings. The van der Waals surface area contributed by atoms with Crippen LogP contribution in [0.25, 0.3) is 0 Å². The van der Waals surface area contributed by atoms with Gasteiger partial charge < -0.3 is 15.5 Å². The fraction of sp³-hybridized carbons (Fsp3) is 0.929. The number of hydrogen-bond donors (Lipinski definition) is 1. The number of nitrogens with two attached hydrogens (primary N) is 1. The number of carbonyl (C=O) groups is 1. The highest BCUT2D eigenvalue weighted by Gasteiger charge is 2.31. The van der Waals surface area contributed by atoms with Gasteiger partial charge in [0.1, 0.15) is 0 Å². The van der Waals surface area contributed by atoms with Crippen molar-refractivity contribution in [3.63, 3.8) is 0 Å². The van der Waals surface area contributed by atoms with Gasteiger partial charge in [0.25, 0.3) is 0 Å². The molecule has 2 N–H and O–H groups in total. The second kappa shape index (κ2) is 6.02. The van der Waals surface area contributed by atoms with Crippen molar-refractivity contribution in [2.75, 3.05) is 33.7 Å². The second-order valence-corrected chi connectivity index (χ2v) is 6.23. The largest absolute Gasteiger partial charge is 0.345 e. The van der Waals surface area contributed by atoms with Gasteiger partial charge in [-0.3, -0.25) is 4.79 Å². The minimum atomic E-state index is 0.0949. The molecule has 2 fully saturated rings. The van der Waals surface area contributed by atoms with E-state index in [4.69, 9.17) is 5.73 Å². The summed E-state index contributed by atoms with van der Waals surface area (Å²) in [6.45, 7) is 3.23. The first-order chi connectivity index (χ1) is 8.56. The van der Waals surface area contributed by atoms with E-state index in [2.05, 4.69) is 11.9 Å². The fourth-order valence-electron chi connectivity index (χ4n) is 2.78. The summed E-state index contributed by atoms with van der Waals surface area (Å²) >= 11 is 0. The summed E-state index contributed by atoms with van der Waals surface area (Å²) in [6, 6.07) is 0.0949. The van der Waals surface area contributed by atoms with E-state index in [1.165, 1.54) is 25.7 Å². The van der Waals surface area contributed by atoms with E-state index in [1.54, 1.807) is 0 Å². The lowest BCUT2D eigenvalue weighted by atomic mass is 9.96. The molecule has 0 radical (unpaired) electrons. The highest BCUT2D eigenvalue weighted by atomic mass is 16.2. The molecule has 1 aliphatic carbocycles. The van der Waals surface area contributed by atoms with E-state index in [-0.39, 0.29) is 11.9 Å². The van der Waals surface area contributed by atoms with Gasteiger partial charge in [-0.25, -0.2) is 0 Å². The second-order valence-electron chi connectivity index (χ2n) is 6.23. The van der Waals surface area contributed by atoms with Gasteiger partial charge >= 0.3 is 0 Å². The number of amides is 1. The van der Waals surface area contributed by atoms with Gasteiger partial charge in [0.05, 0.1) is 0 Å². The lowest BCUT2D eigenvalue weighted by molar-refractivity contribution is -0.131. The number of carbonyl (C=O) groups excluding carboxylic acids is 1. The van der Waals surface area contributed by atoms with Crippen molar-refractivity contribution in [2.24, 2.45) is 17.6 Å². The molecular formula is C14H27N3O. The third-order valence-electron chi connectivity index (χ3n) is 4.43. The van der Waals surface area contributed by atoms with Crippen LogP contribution in [0.4, 0.5) is 0 Å². The quantitative estimate of drug-likeness (QED) is 0.792. The minimum Gasteiger partial charge on any atom is -0.345 e. The van der Waals surface area contributed by atoms with Crippen LogP contribution in [0.15, 0.2) is 0 Å². The molecule has 1 atom stereocenters. The third kappa shape index (κ3) is 3.95. The van der Waals surface area contributed by atoms with E-state index < -0.39 is 0 Å². The molecular weight excluding hydrogens is 226 g/mol. The van der Waals surface area contributed by atoms with Gasteiger partial charge in [-0.1, -0.05) is 0 Å². The van der Waals surface area contributed by atoms with Crippen LogP contribution in [-0.2, 0) is 4.79 Å². The molecule has 0 aromatic carbocycles. The highest BCUT2D eigenvalue weighted by Crippen LogP contribution is 2.33. The molecule has 18 heavy (non-hydrogen) atoms. The molecule has 0 spiro atoms. The predicted octanol–water partition coefficient (Wildman–Crippen LogP) is 0.914. The van der Waals surface area contributed by atoms with Crippen molar-refractivity contribution < 1.29 is 4.79 Å². The highest BCUT2D eigenvalue weighted by molar-refractivity contribution is 5.76. The van der Waals surface area contributed by atoms with Crippen LogP contribution >= 0.6 is 0 Å². The van der Waals surface area contributed by atoms with E-state index >= 15 is 0 Å². The fourth-order valence-corrected chi connectivity index (χ4v) is 2.78. The Hall–Kier alpha value is -0.610. The van der Waals surface area contributed by atoms with Crippen LogP contribution in [-0.4, -0.2) is 55.5 Å². The van der Waals surface area contributed by atoms with Crippen molar-refractivity contribution in [3.8, 4) is 0 Å². The number of nitrogens with zero attached hydrogens (tertiary/aromatic N) is 2. The maximum absolute atomic E-state index is 12.1. The van der Waals surface area contributed by atoms with Crippen LogP contribution in [0.3, 0.4) is 0 Å². The molecule has 1 amide bonds. The van der Waals surface area contributed by atoms with Gasteiger partial charge in [-0.15, -0.1) is 0 Å². The Balaban J connectivity index is 1.69. The van der Waals surface area contributed by atoms with Crippen LogP contribution < -0.4 is 5.73 Å². The molecule has 0 bridgehead atoms. The zero-order valence-electron chi connectivity index (χ0n) is 11.8. The monoisotopic (exact) mass is 253 g/mol. The minimum absolute atomic E-state index is 0.0949. The first kappa shape index (κ1) is 13.8. The summed E-state index contributed by atoms with van der Waals surface area (Å²) in [5.74, 6) is 1.52. The Kier molecular flexibility index (Phi) is 4.62. The van der Waals surface area contributed by atoms with Crippen LogP contribution in [0.5, 0.6) is 0 Å². The Labute approximate surface area is 110 Å². The maximum Gasteiger partial charge on any atom is 0.223 e. The standard InChI is InChI=1S/C14H27N3O/c1-16-7-5-11(6-8-16)10-17(2)14(18)9-13(15)12-3-4-12/h11-13H,3-10,15H2,1-2H3. The average molecular weight is 253 g/mol. The van der Waals surface area contributed by atoms with Gasteiger partial charge in [0.15, 0.2) is 0 Å². The number of rotatable bonds is 5. The summed E-state index contributed by atoms with van der Waals surface area (Å²) in [6.07, 6.45) is 5.39. The zero-order valence-corrected chi connectivity index (χ0v) is 11.8. The van der Waals surface area contributed by atoms with Gasteiger partial charge in [0.2, 0.25) is 5.91 Å². The number of hydrogen-bond acceptors (Lipinski definition) is 3. The lowest BCUT2D eigenvalue weighted by Crippen LogP contribution is -2.40. The van der Waals surface area contributed by atoms with Gasteiger partial charge in [-0.2, -0.15) is 0 Å². The molecule has 1 aliphatic heterocycles. The smallest absolute Gasteiger partial charge is 0.223 e. The van der Waals surface area contributed by atoms with Crippen LogP contribution in [0.1, 0.15) is 32.1 Å². The SMILES string of the molecule is CN1CCC(CN(C)C(=O)CC(N)C2CC2)CC1. The van der Waals surface area contributed by atoms with Crippen molar-refractivity contribution >= 4 is 5.91 Å². The van der Waals surface area contributed by atoms with Crippen molar-refractivity contribution in [2.45, 2.75) is 38.1 Å². The molecule has 104 valence electrons. The van der Waals surface area contributed by atoms with Crippen LogP contribution in [0.2, 0.25) is 0 Å². The van der Waals surface area contributed by atoms with E-state index in [9.17, 15) is 4.79 Å². The van der Waals surface area contributed by atoms with Crippen molar-refractivity contribution in [1.82, 2.24) is 9.80 Å². The molecule has 4 heteroatoms. The normalized spacial score (nSPS) is 23.9. The Morgan fingerprint density at radius 1 is 1.33 bits per heavy atom. The summed E-state index contributed by atoms with van der Waals surface area (Å²) in [4.78, 5) is 16.3. The molecule has 2 aliphatic rings. The summed E-state index contributed by atoms with van der Waals surface area (Å²) < 4.78 is 0. The first-order valence-corrected chi connectivity index (χ1v) is 7.24. The average Bonchev–Trinajstić information content (AvgIpc) is 3.16. The molecule has 2 rings (SSSR count). The number of likely N-dealkylation sites (tertiary alicyclic amines) is 1. The molecule has 0 aromatic heterocycles. The first-order valence-electron chi connectivity index (χ1n) is 7.24. The Bertz CT molecular complexity index is 283. The summed E-state index contributed by atoms with van der Waals surface area (Å²) in [5, 5.41) is 0. The lowest BCUT2D eigenvalue weighted by Gasteiger charge is -2.32. The van der Waals surface area contributed by atoms with Crippen LogP contribution in [0, 0.1) is 11.8 Å². The third-order valence-corrected chi connectivity index (χ3v) is 4.43. The Morgan fingerprint density at radius 3 is 2.50 bits per heavy atom. The molecule has 1 heterocycles. The molecule has 1 saturated heterocycles. The van der Waals surface area contributed by atoms with E-state index in [0.717, 1.165) is 19.6 Å². The molecule has 4 nitrogen and oxygen atoms in total.